The van der Waals surface area contributed by atoms with Crippen LogP contribution in [-0.4, -0.2) is 31.5 Å². The lowest BCUT2D eigenvalue weighted by Crippen LogP contribution is -2.19. The molecular weight excluding hydrogens is 626 g/mol. The normalized spacial score (nSPS) is 11.4. The van der Waals surface area contributed by atoms with Crippen molar-refractivity contribution < 1.29 is 32.0 Å². The van der Waals surface area contributed by atoms with Crippen LogP contribution >= 0.6 is 45.2 Å². The number of ether oxygens (including phenoxy) is 2. The van der Waals surface area contributed by atoms with Gasteiger partial charge in [-0.05, 0) is 99.5 Å². The minimum absolute atomic E-state index is 0.103. The quantitative estimate of drug-likeness (QED) is 0.203. The van der Waals surface area contributed by atoms with Gasteiger partial charge in [-0.15, -0.1) is 0 Å². The third-order valence-corrected chi connectivity index (χ3v) is 7.66. The van der Waals surface area contributed by atoms with Gasteiger partial charge in [0.25, 0.3) is 0 Å². The average Bonchev–Trinajstić information content (AvgIpc) is 2.62. The highest BCUT2D eigenvalue weighted by Crippen LogP contribution is 2.31. The van der Waals surface area contributed by atoms with Crippen molar-refractivity contribution in [3.63, 3.8) is 0 Å². The number of carbonyl (C=O) groups is 2. The van der Waals surface area contributed by atoms with E-state index in [2.05, 4.69) is 45.2 Å². The first-order valence-electron chi connectivity index (χ1n) is 8.33. The molecule has 0 saturated carbocycles. The van der Waals surface area contributed by atoms with Gasteiger partial charge in [0.1, 0.15) is 15.9 Å². The molecule has 0 amide bonds. The zero-order valence-corrected chi connectivity index (χ0v) is 20.8. The highest BCUT2D eigenvalue weighted by atomic mass is 127. The topological polar surface area (TPSA) is 110 Å². The summed E-state index contributed by atoms with van der Waals surface area (Å²) in [6, 6.07) is 7.54. The number of esters is 2. The number of hydrogen-bond donors (Lipinski definition) is 0. The van der Waals surface area contributed by atoms with Crippen LogP contribution < -0.4 is 4.74 Å². The summed E-state index contributed by atoms with van der Waals surface area (Å²) in [7, 11) is -4.67. The second-order valence-electron chi connectivity index (χ2n) is 6.44. The van der Waals surface area contributed by atoms with Gasteiger partial charge in [0.2, 0.25) is 0 Å². The standard InChI is InChI=1S/C19H18I2O7S/c1-10(2)13-8-16(11(3)6-17(13)29(24,25)26)28-18(22)9-27-19(23)12-4-5-14(20)15(21)7-12/h4-8,10H,9H2,1-3H3,(H,24,25,26)/p-1. The number of carbonyl (C=O) groups excluding carboxylic acids is 2. The molecule has 0 saturated heterocycles. The first-order chi connectivity index (χ1) is 13.4. The Morgan fingerprint density at radius 2 is 1.76 bits per heavy atom. The molecule has 2 aromatic rings. The van der Waals surface area contributed by atoms with E-state index in [-0.39, 0.29) is 22.1 Å². The largest absolute Gasteiger partial charge is 0.744 e. The Hall–Kier alpha value is -1.25. The van der Waals surface area contributed by atoms with E-state index in [9.17, 15) is 22.6 Å². The molecule has 0 N–H and O–H groups in total. The van der Waals surface area contributed by atoms with Crippen molar-refractivity contribution in [2.75, 3.05) is 6.61 Å². The van der Waals surface area contributed by atoms with Crippen molar-refractivity contribution >= 4 is 67.2 Å². The Balaban J connectivity index is 2.13. The van der Waals surface area contributed by atoms with E-state index < -0.39 is 28.7 Å². The van der Waals surface area contributed by atoms with Crippen LogP contribution in [0.2, 0.25) is 0 Å². The second-order valence-corrected chi connectivity index (χ2v) is 10.1. The van der Waals surface area contributed by atoms with E-state index in [1.54, 1.807) is 32.0 Å². The van der Waals surface area contributed by atoms with Gasteiger partial charge in [0, 0.05) is 7.14 Å². The van der Waals surface area contributed by atoms with Gasteiger partial charge >= 0.3 is 11.9 Å². The summed E-state index contributed by atoms with van der Waals surface area (Å²) in [5.74, 6) is -1.67. The smallest absolute Gasteiger partial charge is 0.349 e. The van der Waals surface area contributed by atoms with Gasteiger partial charge in [-0.2, -0.15) is 0 Å². The summed E-state index contributed by atoms with van der Waals surface area (Å²) in [6.07, 6.45) is 0. The number of hydrogen-bond acceptors (Lipinski definition) is 7. The fourth-order valence-electron chi connectivity index (χ4n) is 2.44. The fraction of sp³-hybridized carbons (Fsp3) is 0.263. The number of aryl methyl sites for hydroxylation is 1. The predicted octanol–water partition coefficient (Wildman–Crippen LogP) is 3.99. The minimum atomic E-state index is -4.67. The van der Waals surface area contributed by atoms with Crippen LogP contribution in [0.1, 0.15) is 41.3 Å². The van der Waals surface area contributed by atoms with Gasteiger partial charge in [-0.25, -0.2) is 18.0 Å². The molecule has 2 aromatic carbocycles. The predicted molar refractivity (Wildman–Crippen MR) is 121 cm³/mol. The molecule has 0 bridgehead atoms. The van der Waals surface area contributed by atoms with Gasteiger partial charge in [-0.3, -0.25) is 0 Å². The van der Waals surface area contributed by atoms with Crippen LogP contribution in [0.5, 0.6) is 5.75 Å². The van der Waals surface area contributed by atoms with Crippen LogP contribution in [0.4, 0.5) is 0 Å². The van der Waals surface area contributed by atoms with Crippen molar-refractivity contribution in [3.05, 3.63) is 54.2 Å². The fourth-order valence-corrected chi connectivity index (χ4v) is 4.19. The first-order valence-corrected chi connectivity index (χ1v) is 11.9. The summed E-state index contributed by atoms with van der Waals surface area (Å²) in [5.41, 5.74) is 0.862. The Morgan fingerprint density at radius 3 is 2.31 bits per heavy atom. The molecule has 0 aliphatic rings. The van der Waals surface area contributed by atoms with Crippen LogP contribution in [0.15, 0.2) is 35.2 Å². The molecule has 10 heteroatoms. The Labute approximate surface area is 196 Å². The van der Waals surface area contributed by atoms with Gasteiger partial charge < -0.3 is 14.0 Å². The highest BCUT2D eigenvalue weighted by molar-refractivity contribution is 14.1. The maximum atomic E-state index is 12.1. The maximum Gasteiger partial charge on any atom is 0.349 e. The molecule has 0 unspecified atom stereocenters. The molecule has 0 aliphatic heterocycles. The second kappa shape index (κ2) is 9.71. The summed E-state index contributed by atoms with van der Waals surface area (Å²) < 4.78 is 46.5. The molecule has 0 fully saturated rings. The molecule has 0 atom stereocenters. The molecule has 7 nitrogen and oxygen atoms in total. The molecule has 156 valence electrons. The van der Waals surface area contributed by atoms with E-state index in [1.165, 1.54) is 19.1 Å². The molecule has 0 heterocycles. The average molecular weight is 643 g/mol. The van der Waals surface area contributed by atoms with Crippen LogP contribution in [0.3, 0.4) is 0 Å². The SMILES string of the molecule is Cc1cc(S(=O)(=O)[O-])c(C(C)C)cc1OC(=O)COC(=O)c1ccc(I)c(I)c1. The van der Waals surface area contributed by atoms with Crippen LogP contribution in [0, 0.1) is 14.1 Å². The van der Waals surface area contributed by atoms with E-state index in [0.29, 0.717) is 11.1 Å². The molecule has 0 aromatic heterocycles. The van der Waals surface area contributed by atoms with Crippen molar-refractivity contribution in [1.82, 2.24) is 0 Å². The Bertz CT molecular complexity index is 1060. The Kier molecular flexibility index (Phi) is 8.04. The van der Waals surface area contributed by atoms with Crippen molar-refractivity contribution in [1.29, 1.82) is 0 Å². The van der Waals surface area contributed by atoms with Crippen LogP contribution in [-0.2, 0) is 19.6 Å². The molecule has 29 heavy (non-hydrogen) atoms. The van der Waals surface area contributed by atoms with Crippen molar-refractivity contribution in [2.24, 2.45) is 0 Å². The molecular formula is C19H17I2O7S-. The van der Waals surface area contributed by atoms with Crippen LogP contribution in [0.25, 0.3) is 0 Å². The lowest BCUT2D eigenvalue weighted by Gasteiger charge is -2.18. The lowest BCUT2D eigenvalue weighted by molar-refractivity contribution is -0.137. The molecule has 0 radical (unpaired) electrons. The van der Waals surface area contributed by atoms with Gasteiger partial charge in [-0.1, -0.05) is 13.8 Å². The zero-order chi connectivity index (χ0) is 21.9. The van der Waals surface area contributed by atoms with Gasteiger partial charge in [0.15, 0.2) is 6.61 Å². The van der Waals surface area contributed by atoms with E-state index >= 15 is 0 Å². The highest BCUT2D eigenvalue weighted by Gasteiger charge is 2.18. The third-order valence-electron chi connectivity index (χ3n) is 3.90. The third kappa shape index (κ3) is 6.36. The number of halogens is 2. The van der Waals surface area contributed by atoms with Crippen molar-refractivity contribution in [2.45, 2.75) is 31.6 Å². The monoisotopic (exact) mass is 643 g/mol. The van der Waals surface area contributed by atoms with E-state index in [1.807, 2.05) is 0 Å². The minimum Gasteiger partial charge on any atom is -0.744 e. The summed E-state index contributed by atoms with van der Waals surface area (Å²) in [5, 5.41) is 0. The number of benzene rings is 2. The lowest BCUT2D eigenvalue weighted by atomic mass is 10.0. The zero-order valence-electron chi connectivity index (χ0n) is 15.7. The van der Waals surface area contributed by atoms with E-state index in [0.717, 1.165) is 7.14 Å². The first kappa shape index (κ1) is 24.0. The van der Waals surface area contributed by atoms with Gasteiger partial charge in [0.05, 0.1) is 10.5 Å². The molecule has 0 aliphatic carbocycles. The number of rotatable bonds is 6. The van der Waals surface area contributed by atoms with E-state index in [4.69, 9.17) is 9.47 Å². The summed E-state index contributed by atoms with van der Waals surface area (Å²) in [6.45, 7) is 4.34. The Morgan fingerprint density at radius 1 is 1.10 bits per heavy atom. The summed E-state index contributed by atoms with van der Waals surface area (Å²) in [4.78, 5) is 23.9. The maximum absolute atomic E-state index is 12.1. The molecule has 0 spiro atoms. The van der Waals surface area contributed by atoms with Crippen molar-refractivity contribution in [3.8, 4) is 5.75 Å². The molecule has 2 rings (SSSR count). The summed E-state index contributed by atoms with van der Waals surface area (Å²) >= 11 is 4.22.